The van der Waals surface area contributed by atoms with Crippen molar-refractivity contribution in [3.63, 3.8) is 0 Å². The van der Waals surface area contributed by atoms with Gasteiger partial charge in [-0.15, -0.1) is 0 Å². The maximum atomic E-state index is 14.7. The number of alkyl carbamates (subject to hydrolysis) is 1. The van der Waals surface area contributed by atoms with E-state index in [2.05, 4.69) is 54.1 Å². The van der Waals surface area contributed by atoms with Gasteiger partial charge in [-0.1, -0.05) is 32.4 Å². The van der Waals surface area contributed by atoms with Crippen LogP contribution < -0.4 is 10.2 Å². The molecule has 1 N–H and O–H groups in total. The lowest BCUT2D eigenvalue weighted by atomic mass is 10.0. The van der Waals surface area contributed by atoms with Gasteiger partial charge in [-0.2, -0.15) is 4.98 Å². The third-order valence-electron chi connectivity index (χ3n) is 6.29. The fourth-order valence-electron chi connectivity index (χ4n) is 3.72. The summed E-state index contributed by atoms with van der Waals surface area (Å²) >= 11 is 12.0. The van der Waals surface area contributed by atoms with Crippen LogP contribution >= 0.6 is 23.2 Å². The van der Waals surface area contributed by atoms with Gasteiger partial charge in [0.1, 0.15) is 16.9 Å². The van der Waals surface area contributed by atoms with Crippen molar-refractivity contribution in [1.82, 2.24) is 20.3 Å². The normalized spacial score (nSPS) is 19.7. The van der Waals surface area contributed by atoms with Crippen LogP contribution in [-0.4, -0.2) is 60.2 Å². The molecule has 0 saturated carbocycles. The molecule has 1 fully saturated rings. The van der Waals surface area contributed by atoms with E-state index < -0.39 is 25.8 Å². The minimum Gasteiger partial charge on any atom is -0.444 e. The minimum atomic E-state index is -2.13. The van der Waals surface area contributed by atoms with Crippen LogP contribution in [0, 0.1) is 5.82 Å². The number of halogens is 3. The van der Waals surface area contributed by atoms with Crippen molar-refractivity contribution in [2.24, 2.45) is 0 Å². The van der Waals surface area contributed by atoms with Crippen molar-refractivity contribution in [2.75, 3.05) is 18.0 Å². The van der Waals surface area contributed by atoms with Crippen molar-refractivity contribution in [1.29, 1.82) is 0 Å². The molecule has 0 aliphatic carbocycles. The van der Waals surface area contributed by atoms with Gasteiger partial charge in [-0.25, -0.2) is 19.2 Å². The summed E-state index contributed by atoms with van der Waals surface area (Å²) in [6, 6.07) is -0.303. The van der Waals surface area contributed by atoms with Gasteiger partial charge < -0.3 is 19.4 Å². The Hall–Kier alpha value is -1.75. The molecule has 0 bridgehead atoms. The topological polar surface area (TPSA) is 89.5 Å². The number of hydrogen-bond acceptors (Lipinski definition) is 7. The summed E-state index contributed by atoms with van der Waals surface area (Å²) < 4.78 is 26.9. The summed E-state index contributed by atoms with van der Waals surface area (Å²) in [6.45, 7) is 17.2. The van der Waals surface area contributed by atoms with Crippen molar-refractivity contribution < 1.29 is 18.3 Å². The monoisotopic (exact) mass is 545 g/mol. The van der Waals surface area contributed by atoms with Gasteiger partial charge in [0.25, 0.3) is 0 Å². The highest BCUT2D eigenvalue weighted by Gasteiger charge is 2.42. The average Bonchev–Trinajstić information content (AvgIpc) is 2.67. The quantitative estimate of drug-likeness (QED) is 0.287. The lowest BCUT2D eigenvalue weighted by molar-refractivity contribution is 0.0477. The first-order valence-electron chi connectivity index (χ1n) is 11.6. The molecule has 0 aromatic carbocycles. The molecule has 0 radical (unpaired) electrons. The first-order chi connectivity index (χ1) is 16.0. The molecule has 1 unspecified atom stereocenters. The molecular weight excluding hydrogens is 512 g/mol. The second kappa shape index (κ2) is 9.95. The number of fused-ring (bicyclic) bond motifs is 1. The fourth-order valence-corrected chi connectivity index (χ4v) is 5.38. The summed E-state index contributed by atoms with van der Waals surface area (Å²) in [5.41, 5.74) is -0.641. The summed E-state index contributed by atoms with van der Waals surface area (Å²) in [6.07, 6.45) is 1.30. The molecule has 1 aliphatic rings. The number of pyridine rings is 1. The minimum absolute atomic E-state index is 0.00190. The molecule has 12 heteroatoms. The average molecular weight is 547 g/mol. The zero-order chi connectivity index (χ0) is 26.3. The van der Waals surface area contributed by atoms with E-state index in [1.54, 1.807) is 0 Å². The number of hydrogen-bond donors (Lipinski definition) is 1. The first-order valence-corrected chi connectivity index (χ1v) is 15.2. The van der Waals surface area contributed by atoms with Crippen LogP contribution in [-0.2, 0) is 9.16 Å². The molecule has 3 heterocycles. The molecule has 1 aliphatic heterocycles. The van der Waals surface area contributed by atoms with E-state index in [9.17, 15) is 9.18 Å². The van der Waals surface area contributed by atoms with E-state index in [0.717, 1.165) is 0 Å². The highest BCUT2D eigenvalue weighted by atomic mass is 35.5. The summed E-state index contributed by atoms with van der Waals surface area (Å²) in [7, 11) is -2.13. The zero-order valence-electron chi connectivity index (χ0n) is 21.5. The Morgan fingerprint density at radius 1 is 1.17 bits per heavy atom. The highest BCUT2D eigenvalue weighted by Crippen LogP contribution is 2.39. The number of amides is 1. The van der Waals surface area contributed by atoms with E-state index in [-0.39, 0.29) is 33.1 Å². The SMILES string of the molecule is CC(C)(C)OC(=O)N[C@@H]1CC(O[Si](C)(C)C(C)(C)C)CN(c2nc(Cl)nc3c(F)c(Cl)ncc23)C1. The predicted octanol–water partition coefficient (Wildman–Crippen LogP) is 5.96. The largest absolute Gasteiger partial charge is 0.444 e. The van der Waals surface area contributed by atoms with Gasteiger partial charge in [-0.3, -0.25) is 0 Å². The molecule has 194 valence electrons. The van der Waals surface area contributed by atoms with Crippen LogP contribution in [0.25, 0.3) is 10.9 Å². The van der Waals surface area contributed by atoms with Crippen LogP contribution in [0.5, 0.6) is 0 Å². The van der Waals surface area contributed by atoms with E-state index in [0.29, 0.717) is 30.7 Å². The number of carbonyl (C=O) groups is 1. The van der Waals surface area contributed by atoms with Crippen LogP contribution in [0.3, 0.4) is 0 Å². The van der Waals surface area contributed by atoms with Crippen LogP contribution in [0.15, 0.2) is 6.20 Å². The van der Waals surface area contributed by atoms with Gasteiger partial charge in [0.2, 0.25) is 5.28 Å². The number of aromatic nitrogens is 3. The van der Waals surface area contributed by atoms with Gasteiger partial charge in [0, 0.05) is 19.3 Å². The second-order valence-electron chi connectivity index (χ2n) is 11.4. The maximum absolute atomic E-state index is 14.7. The zero-order valence-corrected chi connectivity index (χ0v) is 24.0. The number of ether oxygens (including phenoxy) is 1. The summed E-state index contributed by atoms with van der Waals surface area (Å²) in [5, 5.41) is 2.93. The van der Waals surface area contributed by atoms with Gasteiger partial charge in [0.05, 0.1) is 17.5 Å². The van der Waals surface area contributed by atoms with Crippen molar-refractivity contribution in [3.05, 3.63) is 22.5 Å². The molecule has 35 heavy (non-hydrogen) atoms. The predicted molar refractivity (Wildman–Crippen MR) is 139 cm³/mol. The number of nitrogens with zero attached hydrogens (tertiary/aromatic N) is 4. The molecule has 3 rings (SSSR count). The standard InChI is InChI=1S/C23H34Cl2FN5O3Si/c1-22(2,3)33-21(32)28-13-9-14(34-35(7,8)23(4,5)6)12-31(11-13)19-15-10-27-18(24)16(26)17(15)29-20(25)30-19/h10,13-14H,9,11-12H2,1-8H3,(H,28,32)/t13-,14?/m1/s1. The Kier molecular flexibility index (Phi) is 7.91. The maximum Gasteiger partial charge on any atom is 0.407 e. The Balaban J connectivity index is 1.98. The molecular formula is C23H34Cl2FN5O3Si. The lowest BCUT2D eigenvalue weighted by Gasteiger charge is -2.44. The van der Waals surface area contributed by atoms with E-state index in [1.165, 1.54) is 6.20 Å². The number of anilines is 1. The Bertz CT molecular complexity index is 1110. The van der Waals surface area contributed by atoms with E-state index in [4.69, 9.17) is 32.4 Å². The van der Waals surface area contributed by atoms with E-state index >= 15 is 0 Å². The number of piperidine rings is 1. The number of rotatable bonds is 4. The van der Waals surface area contributed by atoms with Gasteiger partial charge in [-0.05, 0) is 56.9 Å². The van der Waals surface area contributed by atoms with Crippen LogP contribution in [0.2, 0.25) is 28.6 Å². The number of nitrogens with one attached hydrogen (secondary N) is 1. The van der Waals surface area contributed by atoms with Crippen molar-refractivity contribution >= 4 is 54.3 Å². The Morgan fingerprint density at radius 3 is 2.43 bits per heavy atom. The molecule has 1 amide bonds. The fraction of sp³-hybridized carbons (Fsp3) is 0.652. The van der Waals surface area contributed by atoms with Crippen LogP contribution in [0.1, 0.15) is 48.0 Å². The van der Waals surface area contributed by atoms with Crippen molar-refractivity contribution in [2.45, 2.75) is 83.8 Å². The van der Waals surface area contributed by atoms with E-state index in [1.807, 2.05) is 25.7 Å². The van der Waals surface area contributed by atoms with Crippen LogP contribution in [0.4, 0.5) is 15.0 Å². The smallest absolute Gasteiger partial charge is 0.407 e. The summed E-state index contributed by atoms with van der Waals surface area (Å²) in [4.78, 5) is 26.8. The molecule has 8 nitrogen and oxygen atoms in total. The molecule has 1 saturated heterocycles. The van der Waals surface area contributed by atoms with Gasteiger partial charge >= 0.3 is 6.09 Å². The lowest BCUT2D eigenvalue weighted by Crippen LogP contribution is -2.57. The Labute approximate surface area is 217 Å². The molecule has 2 aromatic rings. The molecule has 0 spiro atoms. The Morgan fingerprint density at radius 2 is 1.83 bits per heavy atom. The molecule has 2 aromatic heterocycles. The van der Waals surface area contributed by atoms with Crippen molar-refractivity contribution in [3.8, 4) is 0 Å². The number of carbonyl (C=O) groups excluding carboxylic acids is 1. The highest BCUT2D eigenvalue weighted by molar-refractivity contribution is 6.74. The summed E-state index contributed by atoms with van der Waals surface area (Å²) in [5.74, 6) is -0.355. The second-order valence-corrected chi connectivity index (χ2v) is 16.9. The third-order valence-corrected chi connectivity index (χ3v) is 11.3. The molecule has 2 atom stereocenters. The first kappa shape index (κ1) is 27.8. The third kappa shape index (κ3) is 6.72. The van der Waals surface area contributed by atoms with Gasteiger partial charge in [0.15, 0.2) is 19.3 Å².